The number of rotatable bonds is 3. The first-order valence-corrected chi connectivity index (χ1v) is 6.56. The van der Waals surface area contributed by atoms with E-state index in [0.717, 1.165) is 6.07 Å². The van der Waals surface area contributed by atoms with Crippen LogP contribution >= 0.6 is 0 Å². The zero-order valence-electron chi connectivity index (χ0n) is 10.9. The molecule has 1 amide bonds. The maximum absolute atomic E-state index is 13.6. The Morgan fingerprint density at radius 1 is 1.05 bits per heavy atom. The third kappa shape index (κ3) is 2.77. The summed E-state index contributed by atoms with van der Waals surface area (Å²) in [7, 11) is 0. The van der Waals surface area contributed by atoms with Gasteiger partial charge >= 0.3 is 0 Å². The Morgan fingerprint density at radius 3 is 2.52 bits per heavy atom. The first-order chi connectivity index (χ1) is 10.1. The van der Waals surface area contributed by atoms with Crippen LogP contribution in [0, 0.1) is 23.4 Å². The van der Waals surface area contributed by atoms with Crippen LogP contribution < -0.4 is 5.32 Å². The quantitative estimate of drug-likeness (QED) is 0.914. The van der Waals surface area contributed by atoms with E-state index in [-0.39, 0.29) is 29.2 Å². The number of carbonyl (C=O) groups is 1. The van der Waals surface area contributed by atoms with Crippen LogP contribution in [0.25, 0.3) is 0 Å². The fourth-order valence-electron chi connectivity index (χ4n) is 2.42. The Labute approximate surface area is 119 Å². The average Bonchev–Trinajstić information content (AvgIpc) is 3.23. The van der Waals surface area contributed by atoms with Crippen molar-refractivity contribution in [1.29, 1.82) is 0 Å². The topological polar surface area (TPSA) is 29.1 Å². The third-order valence-corrected chi connectivity index (χ3v) is 3.62. The highest BCUT2D eigenvalue weighted by Crippen LogP contribution is 2.48. The van der Waals surface area contributed by atoms with Gasteiger partial charge in [-0.15, -0.1) is 0 Å². The summed E-state index contributed by atoms with van der Waals surface area (Å²) in [5.41, 5.74) is 0.429. The minimum absolute atomic E-state index is 0.0689. The largest absolute Gasteiger partial charge is 0.323 e. The summed E-state index contributed by atoms with van der Waals surface area (Å²) in [5.74, 6) is -2.83. The van der Waals surface area contributed by atoms with Crippen molar-refractivity contribution in [1.82, 2.24) is 0 Å². The molecule has 2 aromatic carbocycles. The second kappa shape index (κ2) is 5.24. The van der Waals surface area contributed by atoms with E-state index in [1.165, 1.54) is 12.1 Å². The summed E-state index contributed by atoms with van der Waals surface area (Å²) >= 11 is 0. The van der Waals surface area contributed by atoms with E-state index in [1.54, 1.807) is 18.2 Å². The number of carbonyl (C=O) groups excluding carboxylic acids is 1. The molecule has 0 aliphatic heterocycles. The van der Waals surface area contributed by atoms with Crippen LogP contribution in [0.3, 0.4) is 0 Å². The molecule has 3 rings (SSSR count). The molecule has 1 N–H and O–H groups in total. The Hall–Kier alpha value is -2.30. The summed E-state index contributed by atoms with van der Waals surface area (Å²) < 4.78 is 39.9. The van der Waals surface area contributed by atoms with Gasteiger partial charge in [-0.2, -0.15) is 0 Å². The standard InChI is InChI=1S/C16H12F3NO/c17-9-5-6-15(14(19)7-9)20-16(21)12-8-11(12)10-3-1-2-4-13(10)18/h1-7,11-12H,8H2,(H,20,21). The van der Waals surface area contributed by atoms with E-state index in [1.807, 2.05) is 0 Å². The molecule has 0 saturated heterocycles. The van der Waals surface area contributed by atoms with Crippen LogP contribution in [-0.2, 0) is 4.79 Å². The molecule has 1 aliphatic rings. The van der Waals surface area contributed by atoms with Crippen LogP contribution in [0.4, 0.5) is 18.9 Å². The van der Waals surface area contributed by atoms with Gasteiger partial charge in [0.25, 0.3) is 0 Å². The van der Waals surface area contributed by atoms with E-state index >= 15 is 0 Å². The number of nitrogens with one attached hydrogen (secondary N) is 1. The van der Waals surface area contributed by atoms with Crippen LogP contribution in [0.2, 0.25) is 0 Å². The molecule has 1 fully saturated rings. The normalized spacial score (nSPS) is 20.1. The number of benzene rings is 2. The van der Waals surface area contributed by atoms with E-state index in [4.69, 9.17) is 0 Å². The second-order valence-electron chi connectivity index (χ2n) is 5.08. The molecule has 0 spiro atoms. The maximum Gasteiger partial charge on any atom is 0.228 e. The molecular formula is C16H12F3NO. The van der Waals surface area contributed by atoms with Crippen molar-refractivity contribution in [2.24, 2.45) is 5.92 Å². The lowest BCUT2D eigenvalue weighted by molar-refractivity contribution is -0.117. The zero-order valence-corrected chi connectivity index (χ0v) is 10.9. The van der Waals surface area contributed by atoms with Gasteiger partial charge in [-0.25, -0.2) is 13.2 Å². The van der Waals surface area contributed by atoms with Gasteiger partial charge in [-0.1, -0.05) is 18.2 Å². The molecule has 1 saturated carbocycles. The molecule has 1 aliphatic carbocycles. The molecule has 108 valence electrons. The Bertz CT molecular complexity index is 702. The molecule has 0 bridgehead atoms. The van der Waals surface area contributed by atoms with Crippen LogP contribution in [0.15, 0.2) is 42.5 Å². The Morgan fingerprint density at radius 2 is 1.81 bits per heavy atom. The SMILES string of the molecule is O=C(Nc1ccc(F)cc1F)C1CC1c1ccccc1F. The van der Waals surface area contributed by atoms with Gasteiger partial charge in [0.05, 0.1) is 5.69 Å². The predicted molar refractivity (Wildman–Crippen MR) is 72.2 cm³/mol. The first-order valence-electron chi connectivity index (χ1n) is 6.56. The molecule has 2 aromatic rings. The van der Waals surface area contributed by atoms with Gasteiger partial charge in [0.1, 0.15) is 17.5 Å². The zero-order chi connectivity index (χ0) is 15.0. The van der Waals surface area contributed by atoms with Crippen molar-refractivity contribution < 1.29 is 18.0 Å². The fourth-order valence-corrected chi connectivity index (χ4v) is 2.42. The first kappa shape index (κ1) is 13.7. The van der Waals surface area contributed by atoms with Crippen molar-refractivity contribution in [3.8, 4) is 0 Å². The smallest absolute Gasteiger partial charge is 0.228 e. The van der Waals surface area contributed by atoms with Crippen molar-refractivity contribution >= 4 is 11.6 Å². The summed E-state index contributed by atoms with van der Waals surface area (Å²) in [6.07, 6.45) is 0.523. The lowest BCUT2D eigenvalue weighted by atomic mass is 10.1. The third-order valence-electron chi connectivity index (χ3n) is 3.62. The molecule has 0 aromatic heterocycles. The molecule has 2 unspecified atom stereocenters. The van der Waals surface area contributed by atoms with Crippen molar-refractivity contribution in [2.45, 2.75) is 12.3 Å². The Balaban J connectivity index is 1.70. The highest BCUT2D eigenvalue weighted by molar-refractivity contribution is 5.95. The van der Waals surface area contributed by atoms with Crippen molar-refractivity contribution in [3.63, 3.8) is 0 Å². The lowest BCUT2D eigenvalue weighted by Crippen LogP contribution is -2.15. The van der Waals surface area contributed by atoms with Gasteiger partial charge in [-0.3, -0.25) is 4.79 Å². The number of amides is 1. The van der Waals surface area contributed by atoms with Gasteiger partial charge in [-0.05, 0) is 36.1 Å². The fraction of sp³-hybridized carbons (Fsp3) is 0.188. The molecule has 2 nitrogen and oxygen atoms in total. The number of hydrogen-bond acceptors (Lipinski definition) is 1. The van der Waals surface area contributed by atoms with E-state index in [2.05, 4.69) is 5.32 Å². The highest BCUT2D eigenvalue weighted by Gasteiger charge is 2.45. The summed E-state index contributed by atoms with van der Waals surface area (Å²) in [5, 5.41) is 2.42. The number of halogens is 3. The monoisotopic (exact) mass is 291 g/mol. The molecule has 21 heavy (non-hydrogen) atoms. The molecule has 2 atom stereocenters. The van der Waals surface area contributed by atoms with Gasteiger partial charge in [0.2, 0.25) is 5.91 Å². The average molecular weight is 291 g/mol. The summed E-state index contributed by atoms with van der Waals surface area (Å²) in [4.78, 5) is 12.0. The van der Waals surface area contributed by atoms with Gasteiger partial charge in [0, 0.05) is 12.0 Å². The van der Waals surface area contributed by atoms with Gasteiger partial charge < -0.3 is 5.32 Å². The maximum atomic E-state index is 13.6. The van der Waals surface area contributed by atoms with E-state index in [9.17, 15) is 18.0 Å². The van der Waals surface area contributed by atoms with Crippen LogP contribution in [0.5, 0.6) is 0 Å². The predicted octanol–water partition coefficient (Wildman–Crippen LogP) is 3.85. The molecular weight excluding hydrogens is 279 g/mol. The van der Waals surface area contributed by atoms with Gasteiger partial charge in [0.15, 0.2) is 0 Å². The lowest BCUT2D eigenvalue weighted by Gasteiger charge is -2.06. The molecule has 0 heterocycles. The summed E-state index contributed by atoms with van der Waals surface area (Å²) in [6.45, 7) is 0. The number of anilines is 1. The van der Waals surface area contributed by atoms with E-state index < -0.39 is 11.6 Å². The minimum Gasteiger partial charge on any atom is -0.323 e. The second-order valence-corrected chi connectivity index (χ2v) is 5.08. The summed E-state index contributed by atoms with van der Waals surface area (Å²) in [6, 6.07) is 9.24. The van der Waals surface area contributed by atoms with Crippen LogP contribution in [-0.4, -0.2) is 5.91 Å². The molecule has 0 radical (unpaired) electrons. The molecule has 5 heteroatoms. The van der Waals surface area contributed by atoms with Crippen molar-refractivity contribution in [3.05, 3.63) is 65.5 Å². The minimum atomic E-state index is -0.827. The van der Waals surface area contributed by atoms with E-state index in [0.29, 0.717) is 18.1 Å². The Kier molecular flexibility index (Phi) is 3.41. The van der Waals surface area contributed by atoms with Crippen LogP contribution in [0.1, 0.15) is 17.9 Å². The van der Waals surface area contributed by atoms with Crippen molar-refractivity contribution in [2.75, 3.05) is 5.32 Å². The number of hydrogen-bond donors (Lipinski definition) is 1. The highest BCUT2D eigenvalue weighted by atomic mass is 19.1.